The van der Waals surface area contributed by atoms with Gasteiger partial charge in [-0.25, -0.2) is 4.98 Å². The van der Waals surface area contributed by atoms with E-state index >= 15 is 0 Å². The Bertz CT molecular complexity index is 1330. The van der Waals surface area contributed by atoms with Crippen LogP contribution in [0.5, 0.6) is 11.5 Å². The molecule has 4 nitrogen and oxygen atoms in total. The monoisotopic (exact) mass is 452 g/mol. The molecule has 0 aliphatic carbocycles. The molecule has 5 heteroatoms. The average Bonchev–Trinajstić information content (AvgIpc) is 3.34. The molecule has 0 aliphatic heterocycles. The van der Waals surface area contributed by atoms with Crippen molar-refractivity contribution in [2.24, 2.45) is 0 Å². The summed E-state index contributed by atoms with van der Waals surface area (Å²) in [6.45, 7) is 4.61. The summed E-state index contributed by atoms with van der Waals surface area (Å²) in [7, 11) is 1.62. The van der Waals surface area contributed by atoms with Gasteiger partial charge in [-0.3, -0.25) is 0 Å². The Morgan fingerprint density at radius 2 is 1.85 bits per heavy atom. The summed E-state index contributed by atoms with van der Waals surface area (Å²) in [6.07, 6.45) is 1.82. The van der Waals surface area contributed by atoms with Gasteiger partial charge in [0.05, 0.1) is 18.4 Å². The van der Waals surface area contributed by atoms with Crippen LogP contribution in [0.2, 0.25) is 0 Å². The molecule has 0 aliphatic rings. The van der Waals surface area contributed by atoms with Gasteiger partial charge in [-0.1, -0.05) is 60.2 Å². The minimum atomic E-state index is 0.462. The van der Waals surface area contributed by atoms with Crippen LogP contribution in [-0.2, 0) is 6.61 Å². The van der Waals surface area contributed by atoms with Gasteiger partial charge in [0.1, 0.15) is 17.7 Å². The molecule has 1 aromatic heterocycles. The van der Waals surface area contributed by atoms with E-state index in [1.54, 1.807) is 7.11 Å². The van der Waals surface area contributed by atoms with E-state index in [0.29, 0.717) is 28.7 Å². The topological polar surface area (TPSA) is 55.1 Å². The highest BCUT2D eigenvalue weighted by molar-refractivity contribution is 7.11. The number of nitriles is 1. The second kappa shape index (κ2) is 10.2. The van der Waals surface area contributed by atoms with Crippen molar-refractivity contribution < 1.29 is 9.47 Å². The van der Waals surface area contributed by atoms with Crippen molar-refractivity contribution in [1.29, 1.82) is 5.26 Å². The number of hydrogen-bond donors (Lipinski definition) is 0. The molecule has 1 heterocycles. The van der Waals surface area contributed by atoms with Crippen LogP contribution in [0, 0.1) is 25.2 Å². The molecule has 0 saturated heterocycles. The summed E-state index contributed by atoms with van der Waals surface area (Å²) < 4.78 is 11.6. The van der Waals surface area contributed by atoms with Crippen molar-refractivity contribution in [3.8, 4) is 28.8 Å². The maximum absolute atomic E-state index is 9.75. The maximum Gasteiger partial charge on any atom is 0.161 e. The normalized spacial score (nSPS) is 11.2. The van der Waals surface area contributed by atoms with Crippen LogP contribution in [-0.4, -0.2) is 12.1 Å². The summed E-state index contributed by atoms with van der Waals surface area (Å²) in [4.78, 5) is 4.66. The second-order valence-electron chi connectivity index (χ2n) is 7.70. The van der Waals surface area contributed by atoms with Gasteiger partial charge in [-0.15, -0.1) is 11.3 Å². The molecule has 0 bridgehead atoms. The van der Waals surface area contributed by atoms with Gasteiger partial charge in [0.2, 0.25) is 0 Å². The SMILES string of the molecule is COc1cc(/C=C(/C#N)c2nc(-c3ccccc3)cs2)ccc1OCc1cc(C)ccc1C. The van der Waals surface area contributed by atoms with E-state index in [4.69, 9.17) is 9.47 Å². The second-order valence-corrected chi connectivity index (χ2v) is 8.56. The summed E-state index contributed by atoms with van der Waals surface area (Å²) in [6, 6.07) is 24.2. The Balaban J connectivity index is 1.55. The van der Waals surface area contributed by atoms with E-state index in [0.717, 1.165) is 22.4 Å². The predicted molar refractivity (Wildman–Crippen MR) is 134 cm³/mol. The standard InChI is InChI=1S/C28H24N2O2S/c1-19-9-10-20(2)24(13-19)17-32-26-12-11-21(15-27(26)31-3)14-23(16-29)28-30-25(18-33-28)22-7-5-4-6-8-22/h4-15,18H,17H2,1-3H3/b23-14-. The molecule has 0 fully saturated rings. The number of aryl methyl sites for hydroxylation is 2. The third-order valence-corrected chi connectivity index (χ3v) is 6.19. The summed E-state index contributed by atoms with van der Waals surface area (Å²) in [5, 5.41) is 12.4. The van der Waals surface area contributed by atoms with Gasteiger partial charge in [0.25, 0.3) is 0 Å². The molecule has 4 aromatic rings. The quantitative estimate of drug-likeness (QED) is 0.281. The number of allylic oxidation sites excluding steroid dienone is 1. The third kappa shape index (κ3) is 5.31. The fourth-order valence-electron chi connectivity index (χ4n) is 3.45. The van der Waals surface area contributed by atoms with Gasteiger partial charge in [-0.2, -0.15) is 5.26 Å². The molecule has 4 rings (SSSR count). The Kier molecular flexibility index (Phi) is 6.87. The average molecular weight is 453 g/mol. The van der Waals surface area contributed by atoms with Crippen molar-refractivity contribution in [3.63, 3.8) is 0 Å². The van der Waals surface area contributed by atoms with Crippen molar-refractivity contribution >= 4 is 23.0 Å². The summed E-state index contributed by atoms with van der Waals surface area (Å²) in [5.41, 5.74) is 6.79. The van der Waals surface area contributed by atoms with E-state index in [9.17, 15) is 5.26 Å². The van der Waals surface area contributed by atoms with Crippen molar-refractivity contribution in [3.05, 3.63) is 99.4 Å². The number of ether oxygens (including phenoxy) is 2. The summed E-state index contributed by atoms with van der Waals surface area (Å²) in [5.74, 6) is 1.28. The zero-order valence-electron chi connectivity index (χ0n) is 18.8. The molecule has 0 saturated carbocycles. The first kappa shape index (κ1) is 22.3. The van der Waals surface area contributed by atoms with E-state index < -0.39 is 0 Å². The van der Waals surface area contributed by atoms with Gasteiger partial charge in [0.15, 0.2) is 11.5 Å². The highest BCUT2D eigenvalue weighted by Gasteiger charge is 2.11. The van der Waals surface area contributed by atoms with Gasteiger partial charge in [-0.05, 0) is 48.7 Å². The number of benzene rings is 3. The highest BCUT2D eigenvalue weighted by atomic mass is 32.1. The zero-order chi connectivity index (χ0) is 23.2. The molecule has 0 unspecified atom stereocenters. The lowest BCUT2D eigenvalue weighted by atomic mass is 10.1. The first-order valence-corrected chi connectivity index (χ1v) is 11.5. The molecule has 3 aromatic carbocycles. The fraction of sp³-hybridized carbons (Fsp3) is 0.143. The largest absolute Gasteiger partial charge is 0.493 e. The van der Waals surface area contributed by atoms with Crippen LogP contribution in [0.25, 0.3) is 22.9 Å². The van der Waals surface area contributed by atoms with Crippen LogP contribution < -0.4 is 9.47 Å². The Hall–Kier alpha value is -3.88. The first-order valence-electron chi connectivity index (χ1n) is 10.6. The van der Waals surface area contributed by atoms with Crippen molar-refractivity contribution in [1.82, 2.24) is 4.98 Å². The first-order chi connectivity index (χ1) is 16.1. The Labute approximate surface area is 198 Å². The van der Waals surface area contributed by atoms with Gasteiger partial charge < -0.3 is 9.47 Å². The number of rotatable bonds is 7. The van der Waals surface area contributed by atoms with Crippen LogP contribution in [0.1, 0.15) is 27.3 Å². The number of thiazole rings is 1. The molecule has 0 spiro atoms. The fourth-order valence-corrected chi connectivity index (χ4v) is 4.25. The number of methoxy groups -OCH3 is 1. The molecule has 0 atom stereocenters. The zero-order valence-corrected chi connectivity index (χ0v) is 19.6. The maximum atomic E-state index is 9.75. The van der Waals surface area contributed by atoms with Crippen LogP contribution in [0.15, 0.2) is 72.1 Å². The minimum absolute atomic E-state index is 0.462. The predicted octanol–water partition coefficient (Wildman–Crippen LogP) is 7.08. The number of nitrogens with zero attached hydrogens (tertiary/aromatic N) is 2. The van der Waals surface area contributed by atoms with Crippen molar-refractivity contribution in [2.75, 3.05) is 7.11 Å². The van der Waals surface area contributed by atoms with E-state index in [2.05, 4.69) is 43.1 Å². The smallest absolute Gasteiger partial charge is 0.161 e. The van der Waals surface area contributed by atoms with E-state index in [1.165, 1.54) is 22.5 Å². The van der Waals surface area contributed by atoms with Gasteiger partial charge >= 0.3 is 0 Å². The third-order valence-electron chi connectivity index (χ3n) is 5.31. The molecule has 164 valence electrons. The van der Waals surface area contributed by atoms with Gasteiger partial charge in [0, 0.05) is 10.9 Å². The van der Waals surface area contributed by atoms with Crippen LogP contribution in [0.3, 0.4) is 0 Å². The van der Waals surface area contributed by atoms with Crippen LogP contribution in [0.4, 0.5) is 0 Å². The van der Waals surface area contributed by atoms with E-state index in [-0.39, 0.29) is 0 Å². The number of hydrogen-bond acceptors (Lipinski definition) is 5. The Morgan fingerprint density at radius 3 is 2.61 bits per heavy atom. The Morgan fingerprint density at radius 1 is 1.03 bits per heavy atom. The van der Waals surface area contributed by atoms with E-state index in [1.807, 2.05) is 60.0 Å². The molecular weight excluding hydrogens is 428 g/mol. The highest BCUT2D eigenvalue weighted by Crippen LogP contribution is 2.32. The van der Waals surface area contributed by atoms with Crippen LogP contribution >= 0.6 is 11.3 Å². The molecular formula is C28H24N2O2S. The lowest BCUT2D eigenvalue weighted by Gasteiger charge is -2.13. The lowest BCUT2D eigenvalue weighted by Crippen LogP contribution is -2.00. The minimum Gasteiger partial charge on any atom is -0.493 e. The molecule has 0 N–H and O–H groups in total. The number of aromatic nitrogens is 1. The molecule has 0 radical (unpaired) electrons. The van der Waals surface area contributed by atoms with Crippen molar-refractivity contribution in [2.45, 2.75) is 20.5 Å². The molecule has 0 amide bonds. The molecule has 33 heavy (non-hydrogen) atoms. The summed E-state index contributed by atoms with van der Waals surface area (Å²) >= 11 is 1.46. The lowest BCUT2D eigenvalue weighted by molar-refractivity contribution is 0.284.